The van der Waals surface area contributed by atoms with Gasteiger partial charge >= 0.3 is 23.9 Å². The molecule has 0 aliphatic heterocycles. The second kappa shape index (κ2) is 11.8. The Balaban J connectivity index is 0.000000295. The Labute approximate surface area is 178 Å². The van der Waals surface area contributed by atoms with Crippen LogP contribution in [0.4, 0.5) is 11.6 Å². The summed E-state index contributed by atoms with van der Waals surface area (Å²) in [4.78, 5) is 57.9. The van der Waals surface area contributed by atoms with Gasteiger partial charge in [-0.2, -0.15) is 0 Å². The predicted octanol–water partition coefficient (Wildman–Crippen LogP) is 0.597. The zero-order chi connectivity index (χ0) is 24.3. The molecule has 166 valence electrons. The number of carboxylic acid groups (broad SMARTS) is 4. The number of benzene rings is 1. The van der Waals surface area contributed by atoms with Crippen molar-refractivity contribution in [2.75, 3.05) is 11.5 Å². The molecule has 3 aromatic rings. The van der Waals surface area contributed by atoms with Crippen LogP contribution >= 0.6 is 0 Å². The third-order valence-electron chi connectivity index (χ3n) is 3.25. The molecule has 2 heterocycles. The third kappa shape index (κ3) is 7.70. The summed E-state index contributed by atoms with van der Waals surface area (Å²) < 4.78 is 0. The Morgan fingerprint density at radius 1 is 0.562 bits per heavy atom. The van der Waals surface area contributed by atoms with E-state index in [1.807, 2.05) is 0 Å². The minimum atomic E-state index is -1.66. The molecule has 3 rings (SSSR count). The largest absolute Gasteiger partial charge is 0.478 e. The van der Waals surface area contributed by atoms with Gasteiger partial charge in [-0.15, -0.1) is 0 Å². The number of rotatable bonds is 4. The van der Waals surface area contributed by atoms with E-state index in [0.717, 1.165) is 0 Å². The number of aromatic carboxylic acids is 4. The summed E-state index contributed by atoms with van der Waals surface area (Å²) in [6.45, 7) is 0. The van der Waals surface area contributed by atoms with Gasteiger partial charge in [0.2, 0.25) is 0 Å². The number of aromatic nitrogens is 4. The minimum absolute atomic E-state index is 0.461. The quantitative estimate of drug-likeness (QED) is 0.322. The Bertz CT molecular complexity index is 973. The Morgan fingerprint density at radius 2 is 0.844 bits per heavy atom. The van der Waals surface area contributed by atoms with Gasteiger partial charge in [-0.25, -0.2) is 29.1 Å². The van der Waals surface area contributed by atoms with Crippen molar-refractivity contribution in [1.82, 2.24) is 19.9 Å². The molecule has 0 bridgehead atoms. The van der Waals surface area contributed by atoms with Crippen LogP contribution in [0.1, 0.15) is 41.4 Å². The lowest BCUT2D eigenvalue weighted by atomic mass is 9.98. The summed E-state index contributed by atoms with van der Waals surface area (Å²) in [5, 5.41) is 35.0. The molecule has 2 aromatic heterocycles. The molecule has 0 spiro atoms. The maximum atomic E-state index is 10.8. The molecule has 8 N–H and O–H groups in total. The van der Waals surface area contributed by atoms with Crippen molar-refractivity contribution in [3.63, 3.8) is 0 Å². The molecule has 0 radical (unpaired) electrons. The van der Waals surface area contributed by atoms with E-state index in [1.165, 1.54) is 12.4 Å². The van der Waals surface area contributed by atoms with Crippen LogP contribution in [-0.2, 0) is 0 Å². The van der Waals surface area contributed by atoms with E-state index in [1.54, 1.807) is 24.8 Å². The van der Waals surface area contributed by atoms with Gasteiger partial charge in [0.25, 0.3) is 0 Å². The number of carboxylic acids is 4. The first-order valence-corrected chi connectivity index (χ1v) is 8.18. The fourth-order valence-corrected chi connectivity index (χ4v) is 1.93. The average Bonchev–Trinajstić information content (AvgIpc) is 2.74. The summed E-state index contributed by atoms with van der Waals surface area (Å²) in [6.07, 6.45) is 9.26. The smallest absolute Gasteiger partial charge is 0.336 e. The van der Waals surface area contributed by atoms with Crippen molar-refractivity contribution >= 4 is 35.5 Å². The van der Waals surface area contributed by atoms with Gasteiger partial charge in [0.05, 0.1) is 34.6 Å². The highest BCUT2D eigenvalue weighted by atomic mass is 16.4. The van der Waals surface area contributed by atoms with Gasteiger partial charge in [0.15, 0.2) is 0 Å². The highest BCUT2D eigenvalue weighted by molar-refractivity contribution is 6.09. The third-order valence-corrected chi connectivity index (χ3v) is 3.25. The van der Waals surface area contributed by atoms with E-state index >= 15 is 0 Å². The van der Waals surface area contributed by atoms with Gasteiger partial charge < -0.3 is 31.9 Å². The Morgan fingerprint density at radius 3 is 0.969 bits per heavy atom. The lowest BCUT2D eigenvalue weighted by Gasteiger charge is -2.06. The summed E-state index contributed by atoms with van der Waals surface area (Å²) in [5.41, 5.74) is 7.22. The van der Waals surface area contributed by atoms with Gasteiger partial charge in [0, 0.05) is 24.8 Å². The number of nitrogens with two attached hydrogens (primary N) is 2. The fourth-order valence-electron chi connectivity index (χ4n) is 1.93. The molecule has 0 fully saturated rings. The van der Waals surface area contributed by atoms with Crippen LogP contribution in [0, 0.1) is 0 Å². The number of nitrogens with zero attached hydrogens (tertiary/aromatic N) is 4. The molecule has 0 unspecified atom stereocenters. The lowest BCUT2D eigenvalue weighted by molar-refractivity contribution is 0.0637. The van der Waals surface area contributed by atoms with Crippen molar-refractivity contribution in [2.24, 2.45) is 0 Å². The van der Waals surface area contributed by atoms with E-state index in [0.29, 0.717) is 23.8 Å². The molecule has 1 aromatic carbocycles. The highest BCUT2D eigenvalue weighted by Crippen LogP contribution is 2.18. The van der Waals surface area contributed by atoms with Crippen molar-refractivity contribution in [3.8, 4) is 0 Å². The topological polar surface area (TPSA) is 253 Å². The zero-order valence-electron chi connectivity index (χ0n) is 16.0. The maximum absolute atomic E-state index is 10.8. The van der Waals surface area contributed by atoms with Crippen LogP contribution in [0.25, 0.3) is 0 Å². The zero-order valence-corrected chi connectivity index (χ0v) is 16.0. The molecule has 0 atom stereocenters. The molecule has 14 nitrogen and oxygen atoms in total. The SMILES string of the molecule is Nc1cnccn1.Nc1cnccn1.O=C(O)c1cc(C(=O)O)c(C(=O)O)cc1C(=O)O. The van der Waals surface area contributed by atoms with Crippen LogP contribution < -0.4 is 11.5 Å². The van der Waals surface area contributed by atoms with Gasteiger partial charge in [-0.05, 0) is 12.1 Å². The number of hydrogen-bond acceptors (Lipinski definition) is 10. The minimum Gasteiger partial charge on any atom is -0.478 e. The fraction of sp³-hybridized carbons (Fsp3) is 0. The average molecular weight is 444 g/mol. The molecular formula is C18H16N6O8. The van der Waals surface area contributed by atoms with E-state index in [4.69, 9.17) is 31.9 Å². The first-order chi connectivity index (χ1) is 15.0. The van der Waals surface area contributed by atoms with Gasteiger partial charge in [-0.1, -0.05) is 0 Å². The summed E-state index contributed by atoms with van der Waals surface area (Å²) in [7, 11) is 0. The van der Waals surface area contributed by atoms with Gasteiger partial charge in [-0.3, -0.25) is 9.97 Å². The standard InChI is InChI=1S/C10H6O8.2C4H5N3/c11-7(12)3-1-4(8(13)14)6(10(17)18)2-5(3)9(15)16;2*5-4-3-6-1-2-7-4/h1-2H,(H,11,12)(H,13,14)(H,15,16)(H,17,18);2*1-3H,(H2,5,7). The number of anilines is 2. The predicted molar refractivity (Wildman–Crippen MR) is 107 cm³/mol. The number of nitrogen functional groups attached to an aromatic ring is 2. The molecule has 0 aliphatic rings. The van der Waals surface area contributed by atoms with Crippen LogP contribution in [0.15, 0.2) is 49.3 Å². The first kappa shape index (κ1) is 24.9. The van der Waals surface area contributed by atoms with Crippen LogP contribution in [-0.4, -0.2) is 64.2 Å². The second-order valence-electron chi connectivity index (χ2n) is 5.42. The van der Waals surface area contributed by atoms with Gasteiger partial charge in [0.1, 0.15) is 11.6 Å². The molecule has 0 amide bonds. The van der Waals surface area contributed by atoms with E-state index in [-0.39, 0.29) is 0 Å². The Hall–Kier alpha value is -5.14. The van der Waals surface area contributed by atoms with Crippen molar-refractivity contribution in [2.45, 2.75) is 0 Å². The van der Waals surface area contributed by atoms with E-state index in [9.17, 15) is 19.2 Å². The monoisotopic (exact) mass is 444 g/mol. The highest BCUT2D eigenvalue weighted by Gasteiger charge is 2.24. The molecule has 32 heavy (non-hydrogen) atoms. The first-order valence-electron chi connectivity index (χ1n) is 8.18. The van der Waals surface area contributed by atoms with Crippen LogP contribution in [0.3, 0.4) is 0 Å². The van der Waals surface area contributed by atoms with Crippen molar-refractivity contribution in [1.29, 1.82) is 0 Å². The summed E-state index contributed by atoms with van der Waals surface area (Å²) in [5.74, 6) is -5.72. The number of hydrogen-bond donors (Lipinski definition) is 6. The summed E-state index contributed by atoms with van der Waals surface area (Å²) in [6, 6.07) is 1.02. The second-order valence-corrected chi connectivity index (χ2v) is 5.42. The normalized spacial score (nSPS) is 9.25. The summed E-state index contributed by atoms with van der Waals surface area (Å²) >= 11 is 0. The molecule has 0 saturated carbocycles. The van der Waals surface area contributed by atoms with Crippen molar-refractivity contribution < 1.29 is 39.6 Å². The molecule has 0 aliphatic carbocycles. The van der Waals surface area contributed by atoms with Crippen molar-refractivity contribution in [3.05, 3.63) is 71.6 Å². The molecule has 14 heteroatoms. The van der Waals surface area contributed by atoms with E-state index < -0.39 is 46.1 Å². The molecular weight excluding hydrogens is 428 g/mol. The van der Waals surface area contributed by atoms with E-state index in [2.05, 4.69) is 19.9 Å². The Kier molecular flexibility index (Phi) is 9.15. The number of carbonyl (C=O) groups is 4. The van der Waals surface area contributed by atoms with Crippen LogP contribution in [0.5, 0.6) is 0 Å². The maximum Gasteiger partial charge on any atom is 0.336 e. The lowest BCUT2D eigenvalue weighted by Crippen LogP contribution is -2.15. The van der Waals surface area contributed by atoms with Crippen LogP contribution in [0.2, 0.25) is 0 Å². The molecule has 0 saturated heterocycles.